The molecule has 0 saturated heterocycles. The van der Waals surface area contributed by atoms with Gasteiger partial charge in [-0.05, 0) is 46.3 Å². The van der Waals surface area contributed by atoms with E-state index in [1.165, 1.54) is 0 Å². The molecule has 0 spiro atoms. The van der Waals surface area contributed by atoms with Crippen LogP contribution < -0.4 is 10.1 Å². The summed E-state index contributed by atoms with van der Waals surface area (Å²) < 4.78 is 12.1. The van der Waals surface area contributed by atoms with E-state index in [0.29, 0.717) is 6.04 Å². The highest BCUT2D eigenvalue weighted by molar-refractivity contribution is 9.10. The normalized spacial score (nSPS) is 11.0. The minimum atomic E-state index is 0.446. The average molecular weight is 324 g/mol. The lowest BCUT2D eigenvalue weighted by atomic mass is 10.1. The van der Waals surface area contributed by atoms with Crippen molar-refractivity contribution in [2.24, 2.45) is 0 Å². The molecule has 4 heteroatoms. The van der Waals surface area contributed by atoms with Gasteiger partial charge in [-0.15, -0.1) is 0 Å². The minimum absolute atomic E-state index is 0.446. The predicted molar refractivity (Wildman–Crippen MR) is 80.4 cm³/mol. The summed E-state index contributed by atoms with van der Waals surface area (Å²) in [6, 6.07) is 10.4. The van der Waals surface area contributed by atoms with E-state index in [1.54, 1.807) is 7.11 Å². The van der Waals surface area contributed by atoms with Gasteiger partial charge in [0.05, 0.1) is 18.1 Å². The van der Waals surface area contributed by atoms with Gasteiger partial charge < -0.3 is 14.5 Å². The monoisotopic (exact) mass is 323 g/mol. The van der Waals surface area contributed by atoms with Gasteiger partial charge in [-0.1, -0.05) is 13.8 Å². The SMILES string of the molecule is COc1cc(-c2ccc(CNC(C)C)o2)ccc1Br. The molecule has 0 radical (unpaired) electrons. The Morgan fingerprint density at radius 2 is 2.05 bits per heavy atom. The molecule has 0 amide bonds. The second kappa shape index (κ2) is 6.26. The van der Waals surface area contributed by atoms with E-state index in [4.69, 9.17) is 9.15 Å². The number of hydrogen-bond donors (Lipinski definition) is 1. The number of nitrogens with one attached hydrogen (secondary N) is 1. The summed E-state index contributed by atoms with van der Waals surface area (Å²) in [7, 11) is 1.66. The van der Waals surface area contributed by atoms with Gasteiger partial charge in [0.15, 0.2) is 0 Å². The number of furan rings is 1. The zero-order valence-corrected chi connectivity index (χ0v) is 13.0. The van der Waals surface area contributed by atoms with Crippen LogP contribution >= 0.6 is 15.9 Å². The Bertz CT molecular complexity index is 549. The fourth-order valence-corrected chi connectivity index (χ4v) is 2.15. The van der Waals surface area contributed by atoms with Crippen LogP contribution in [0.1, 0.15) is 19.6 Å². The van der Waals surface area contributed by atoms with Crippen LogP contribution in [-0.2, 0) is 6.54 Å². The molecule has 1 aromatic carbocycles. The second-order valence-electron chi connectivity index (χ2n) is 4.65. The lowest BCUT2D eigenvalue weighted by molar-refractivity contribution is 0.412. The molecule has 0 aliphatic carbocycles. The van der Waals surface area contributed by atoms with Crippen LogP contribution in [0.4, 0.5) is 0 Å². The molecule has 0 fully saturated rings. The number of methoxy groups -OCH3 is 1. The first-order chi connectivity index (χ1) is 9.10. The third-order valence-electron chi connectivity index (χ3n) is 2.78. The quantitative estimate of drug-likeness (QED) is 0.894. The standard InChI is InChI=1S/C15H18BrNO2/c1-10(2)17-9-12-5-7-14(19-12)11-4-6-13(16)15(8-11)18-3/h4-8,10,17H,9H2,1-3H3. The van der Waals surface area contributed by atoms with Crippen molar-refractivity contribution >= 4 is 15.9 Å². The van der Waals surface area contributed by atoms with Crippen molar-refractivity contribution in [2.45, 2.75) is 26.4 Å². The molecular weight excluding hydrogens is 306 g/mol. The van der Waals surface area contributed by atoms with Crippen molar-refractivity contribution in [2.75, 3.05) is 7.11 Å². The third-order valence-corrected chi connectivity index (χ3v) is 3.44. The van der Waals surface area contributed by atoms with E-state index in [-0.39, 0.29) is 0 Å². The zero-order chi connectivity index (χ0) is 13.8. The maximum Gasteiger partial charge on any atom is 0.134 e. The number of hydrogen-bond acceptors (Lipinski definition) is 3. The molecule has 1 aromatic heterocycles. The molecule has 102 valence electrons. The van der Waals surface area contributed by atoms with Gasteiger partial charge in [-0.25, -0.2) is 0 Å². The van der Waals surface area contributed by atoms with Crippen LogP contribution in [0.15, 0.2) is 39.2 Å². The fourth-order valence-electron chi connectivity index (χ4n) is 1.75. The molecule has 0 saturated carbocycles. The highest BCUT2D eigenvalue weighted by Crippen LogP contribution is 2.31. The molecule has 0 atom stereocenters. The Hall–Kier alpha value is -1.26. The largest absolute Gasteiger partial charge is 0.496 e. The molecule has 19 heavy (non-hydrogen) atoms. The maximum absolute atomic E-state index is 5.83. The summed E-state index contributed by atoms with van der Waals surface area (Å²) in [4.78, 5) is 0. The van der Waals surface area contributed by atoms with Gasteiger partial charge in [0.25, 0.3) is 0 Å². The molecule has 0 unspecified atom stereocenters. The van der Waals surface area contributed by atoms with Gasteiger partial charge in [0, 0.05) is 11.6 Å². The van der Waals surface area contributed by atoms with Crippen LogP contribution in [0.3, 0.4) is 0 Å². The summed E-state index contributed by atoms with van der Waals surface area (Å²) in [5, 5.41) is 3.33. The lowest BCUT2D eigenvalue weighted by Gasteiger charge is -2.06. The fraction of sp³-hybridized carbons (Fsp3) is 0.333. The Balaban J connectivity index is 2.18. The van der Waals surface area contributed by atoms with Gasteiger partial charge in [-0.2, -0.15) is 0 Å². The molecule has 0 aliphatic rings. The highest BCUT2D eigenvalue weighted by Gasteiger charge is 2.08. The zero-order valence-electron chi connectivity index (χ0n) is 11.4. The molecule has 2 aromatic rings. The maximum atomic E-state index is 5.83. The molecule has 2 rings (SSSR count). The Labute approximate surface area is 122 Å². The molecule has 0 bridgehead atoms. The molecule has 1 heterocycles. The first kappa shape index (κ1) is 14.2. The number of halogens is 1. The predicted octanol–water partition coefficient (Wildman–Crippen LogP) is 4.22. The van der Waals surface area contributed by atoms with Crippen molar-refractivity contribution < 1.29 is 9.15 Å². The summed E-state index contributed by atoms with van der Waals surface area (Å²) in [5.74, 6) is 2.59. The highest BCUT2D eigenvalue weighted by atomic mass is 79.9. The Kier molecular flexibility index (Phi) is 4.66. The minimum Gasteiger partial charge on any atom is -0.496 e. The summed E-state index contributed by atoms with van der Waals surface area (Å²) in [5.41, 5.74) is 1.01. The molecule has 1 N–H and O–H groups in total. The first-order valence-electron chi connectivity index (χ1n) is 6.26. The molecule has 0 aliphatic heterocycles. The molecular formula is C15H18BrNO2. The van der Waals surface area contributed by atoms with E-state index >= 15 is 0 Å². The molecule has 3 nitrogen and oxygen atoms in total. The van der Waals surface area contributed by atoms with Crippen molar-refractivity contribution in [3.63, 3.8) is 0 Å². The van der Waals surface area contributed by atoms with Crippen LogP contribution in [-0.4, -0.2) is 13.2 Å². The summed E-state index contributed by atoms with van der Waals surface area (Å²) in [6.45, 7) is 4.97. The van der Waals surface area contributed by atoms with Crippen LogP contribution in [0.25, 0.3) is 11.3 Å². The topological polar surface area (TPSA) is 34.4 Å². The van der Waals surface area contributed by atoms with E-state index in [9.17, 15) is 0 Å². The number of rotatable bonds is 5. The van der Waals surface area contributed by atoms with Gasteiger partial charge in [-0.3, -0.25) is 0 Å². The summed E-state index contributed by atoms with van der Waals surface area (Å²) in [6.07, 6.45) is 0. The smallest absolute Gasteiger partial charge is 0.134 e. The lowest BCUT2D eigenvalue weighted by Crippen LogP contribution is -2.21. The van der Waals surface area contributed by atoms with Crippen molar-refractivity contribution in [3.8, 4) is 17.1 Å². The van der Waals surface area contributed by atoms with Crippen LogP contribution in [0, 0.1) is 0 Å². The van der Waals surface area contributed by atoms with E-state index in [0.717, 1.165) is 33.9 Å². The third kappa shape index (κ3) is 3.61. The number of benzene rings is 1. The average Bonchev–Trinajstić information content (AvgIpc) is 2.86. The van der Waals surface area contributed by atoms with Gasteiger partial charge in [0.2, 0.25) is 0 Å². The van der Waals surface area contributed by atoms with Crippen LogP contribution in [0.5, 0.6) is 5.75 Å². The van der Waals surface area contributed by atoms with E-state index < -0.39 is 0 Å². The Morgan fingerprint density at radius 3 is 2.74 bits per heavy atom. The first-order valence-corrected chi connectivity index (χ1v) is 7.05. The number of ether oxygens (including phenoxy) is 1. The van der Waals surface area contributed by atoms with Gasteiger partial charge in [0.1, 0.15) is 17.3 Å². The van der Waals surface area contributed by atoms with E-state index in [1.807, 2.05) is 30.3 Å². The van der Waals surface area contributed by atoms with Crippen molar-refractivity contribution in [3.05, 3.63) is 40.6 Å². The van der Waals surface area contributed by atoms with E-state index in [2.05, 4.69) is 35.1 Å². The Morgan fingerprint density at radius 1 is 1.26 bits per heavy atom. The van der Waals surface area contributed by atoms with Crippen molar-refractivity contribution in [1.29, 1.82) is 0 Å². The second-order valence-corrected chi connectivity index (χ2v) is 5.51. The van der Waals surface area contributed by atoms with Gasteiger partial charge >= 0.3 is 0 Å². The van der Waals surface area contributed by atoms with Crippen molar-refractivity contribution in [1.82, 2.24) is 5.32 Å². The van der Waals surface area contributed by atoms with Crippen LogP contribution in [0.2, 0.25) is 0 Å². The summed E-state index contributed by atoms with van der Waals surface area (Å²) >= 11 is 3.44.